The number of carbonyl (C=O) groups excluding carboxylic acids is 2. The molecule has 1 saturated heterocycles. The second kappa shape index (κ2) is 9.39. The predicted molar refractivity (Wildman–Crippen MR) is 117 cm³/mol. The zero-order chi connectivity index (χ0) is 21.0. The number of methoxy groups -OCH3 is 1. The molecular weight excluding hydrogens is 433 g/mol. The lowest BCUT2D eigenvalue weighted by Gasteiger charge is -2.13. The van der Waals surface area contributed by atoms with Crippen molar-refractivity contribution in [2.45, 2.75) is 6.54 Å². The van der Waals surface area contributed by atoms with Gasteiger partial charge in [-0.1, -0.05) is 48.0 Å². The fourth-order valence-corrected chi connectivity index (χ4v) is 3.90. The molecule has 8 heteroatoms. The summed E-state index contributed by atoms with van der Waals surface area (Å²) in [5.74, 6) is 0.449. The van der Waals surface area contributed by atoms with Gasteiger partial charge >= 0.3 is 0 Å². The number of rotatable bonds is 7. The van der Waals surface area contributed by atoms with E-state index >= 15 is 0 Å². The van der Waals surface area contributed by atoms with Gasteiger partial charge in [0.25, 0.3) is 11.1 Å². The second-order valence-electron chi connectivity index (χ2n) is 6.03. The molecule has 1 heterocycles. The van der Waals surface area contributed by atoms with Gasteiger partial charge in [0.05, 0.1) is 23.6 Å². The number of hydrogen-bond donors (Lipinski definition) is 0. The normalized spacial score (nSPS) is 15.1. The van der Waals surface area contributed by atoms with Crippen LogP contribution >= 0.6 is 35.0 Å². The Bertz CT molecular complexity index is 989. The minimum absolute atomic E-state index is 0.178. The molecule has 0 aromatic heterocycles. The molecule has 1 aliphatic heterocycles. The van der Waals surface area contributed by atoms with E-state index in [1.165, 1.54) is 12.0 Å². The van der Waals surface area contributed by atoms with Crippen LogP contribution in [0.2, 0.25) is 10.0 Å². The van der Waals surface area contributed by atoms with Crippen molar-refractivity contribution in [1.82, 2.24) is 4.90 Å². The van der Waals surface area contributed by atoms with Crippen molar-refractivity contribution in [2.75, 3.05) is 13.7 Å². The largest absolute Gasteiger partial charge is 0.493 e. The molecule has 0 unspecified atom stereocenters. The Labute approximate surface area is 182 Å². The lowest BCUT2D eigenvalue weighted by molar-refractivity contribution is -0.123. The van der Waals surface area contributed by atoms with Gasteiger partial charge in [-0.05, 0) is 53.2 Å². The summed E-state index contributed by atoms with van der Waals surface area (Å²) in [7, 11) is 1.50. The van der Waals surface area contributed by atoms with Gasteiger partial charge < -0.3 is 9.47 Å². The van der Waals surface area contributed by atoms with Gasteiger partial charge in [0.15, 0.2) is 11.5 Å². The third-order valence-corrected chi connectivity index (χ3v) is 5.46. The van der Waals surface area contributed by atoms with Crippen LogP contribution in [0.4, 0.5) is 4.79 Å². The maximum atomic E-state index is 12.7. The third-order valence-electron chi connectivity index (χ3n) is 4.02. The van der Waals surface area contributed by atoms with Gasteiger partial charge in [-0.25, -0.2) is 0 Å². The van der Waals surface area contributed by atoms with Gasteiger partial charge in [0.2, 0.25) is 0 Å². The molecule has 0 spiro atoms. The number of benzene rings is 2. The summed E-state index contributed by atoms with van der Waals surface area (Å²) < 4.78 is 10.9. The van der Waals surface area contributed by atoms with Crippen molar-refractivity contribution in [3.63, 3.8) is 0 Å². The van der Waals surface area contributed by atoms with Crippen LogP contribution in [0.15, 0.2) is 54.0 Å². The van der Waals surface area contributed by atoms with Crippen LogP contribution in [0.25, 0.3) is 6.08 Å². The molecule has 1 fully saturated rings. The Morgan fingerprint density at radius 3 is 2.55 bits per heavy atom. The number of nitrogens with zero attached hydrogens (tertiary/aromatic N) is 1. The van der Waals surface area contributed by atoms with Crippen molar-refractivity contribution in [1.29, 1.82) is 0 Å². The number of thioether (sulfide) groups is 1. The van der Waals surface area contributed by atoms with Crippen molar-refractivity contribution in [3.05, 3.63) is 75.1 Å². The van der Waals surface area contributed by atoms with Crippen LogP contribution in [0.3, 0.4) is 0 Å². The Balaban J connectivity index is 1.84. The average molecular weight is 450 g/mol. The van der Waals surface area contributed by atoms with Crippen LogP contribution in [0, 0.1) is 0 Å². The summed E-state index contributed by atoms with van der Waals surface area (Å²) in [6.45, 7) is 4.06. The molecule has 5 nitrogen and oxygen atoms in total. The quantitative estimate of drug-likeness (QED) is 0.394. The van der Waals surface area contributed by atoms with Crippen molar-refractivity contribution in [3.8, 4) is 11.5 Å². The van der Waals surface area contributed by atoms with Crippen molar-refractivity contribution < 1.29 is 19.1 Å². The maximum absolute atomic E-state index is 12.7. The van der Waals surface area contributed by atoms with Gasteiger partial charge in [0, 0.05) is 5.02 Å². The van der Waals surface area contributed by atoms with E-state index in [2.05, 4.69) is 6.58 Å². The van der Waals surface area contributed by atoms with Gasteiger partial charge in [-0.3, -0.25) is 14.5 Å². The highest BCUT2D eigenvalue weighted by molar-refractivity contribution is 8.18. The summed E-state index contributed by atoms with van der Waals surface area (Å²) in [4.78, 5) is 26.6. The Morgan fingerprint density at radius 1 is 1.17 bits per heavy atom. The number of halogens is 2. The fourth-order valence-electron chi connectivity index (χ4n) is 2.67. The molecule has 2 amide bonds. The molecule has 3 rings (SSSR count). The number of carbonyl (C=O) groups is 2. The topological polar surface area (TPSA) is 55.8 Å². The molecule has 2 aromatic rings. The summed E-state index contributed by atoms with van der Waals surface area (Å²) in [6.07, 6.45) is 3.21. The van der Waals surface area contributed by atoms with Gasteiger partial charge in [-0.15, -0.1) is 0 Å². The van der Waals surface area contributed by atoms with E-state index < -0.39 is 0 Å². The molecule has 0 radical (unpaired) electrons. The number of amides is 2. The molecule has 0 atom stereocenters. The average Bonchev–Trinajstić information content (AvgIpc) is 2.95. The Kier molecular flexibility index (Phi) is 6.90. The van der Waals surface area contributed by atoms with E-state index in [-0.39, 0.29) is 24.3 Å². The number of hydrogen-bond acceptors (Lipinski definition) is 5. The standard InChI is InChI=1S/C21H17Cl2NO4S/c1-3-8-28-19-16(23)9-14(10-17(19)27-2)11-18-20(25)24(21(26)29-18)12-13-4-6-15(22)7-5-13/h3-7,9-11H,1,8,12H2,2H3. The fraction of sp³-hybridized carbons (Fsp3) is 0.143. The lowest BCUT2D eigenvalue weighted by atomic mass is 10.1. The Hall–Kier alpha value is -2.41. The maximum Gasteiger partial charge on any atom is 0.293 e. The van der Waals surface area contributed by atoms with Crippen molar-refractivity contribution >= 4 is 52.2 Å². The smallest absolute Gasteiger partial charge is 0.293 e. The first kappa shape index (κ1) is 21.3. The second-order valence-corrected chi connectivity index (χ2v) is 7.86. The third kappa shape index (κ3) is 4.96. The van der Waals surface area contributed by atoms with E-state index in [1.807, 2.05) is 0 Å². The van der Waals surface area contributed by atoms with Crippen LogP contribution in [-0.2, 0) is 11.3 Å². The molecule has 0 N–H and O–H groups in total. The summed E-state index contributed by atoms with van der Waals surface area (Å²) in [5, 5.41) is 0.590. The molecule has 0 bridgehead atoms. The van der Waals surface area contributed by atoms with E-state index in [9.17, 15) is 9.59 Å². The molecule has 150 valence electrons. The molecule has 29 heavy (non-hydrogen) atoms. The molecular formula is C21H17Cl2NO4S. The summed E-state index contributed by atoms with van der Waals surface area (Å²) >= 11 is 13.1. The predicted octanol–water partition coefficient (Wildman–Crippen LogP) is 5.80. The highest BCUT2D eigenvalue weighted by Crippen LogP contribution is 2.39. The minimum Gasteiger partial charge on any atom is -0.493 e. The highest BCUT2D eigenvalue weighted by atomic mass is 35.5. The molecule has 1 aliphatic rings. The zero-order valence-corrected chi connectivity index (χ0v) is 17.8. The van der Waals surface area contributed by atoms with Crippen LogP contribution in [0.1, 0.15) is 11.1 Å². The number of ether oxygens (including phenoxy) is 2. The minimum atomic E-state index is -0.364. The first-order valence-electron chi connectivity index (χ1n) is 8.54. The highest BCUT2D eigenvalue weighted by Gasteiger charge is 2.35. The van der Waals surface area contributed by atoms with Crippen LogP contribution in [0.5, 0.6) is 11.5 Å². The van der Waals surface area contributed by atoms with Crippen LogP contribution in [-0.4, -0.2) is 29.8 Å². The molecule has 0 aliphatic carbocycles. The SMILES string of the molecule is C=CCOc1c(Cl)cc(C=C2SC(=O)N(Cc3ccc(Cl)cc3)C2=O)cc1OC. The Morgan fingerprint density at radius 2 is 1.90 bits per heavy atom. The van der Waals surface area contributed by atoms with Gasteiger partial charge in [-0.2, -0.15) is 0 Å². The summed E-state index contributed by atoms with van der Waals surface area (Å²) in [5.41, 5.74) is 1.43. The monoisotopic (exact) mass is 449 g/mol. The van der Waals surface area contributed by atoms with E-state index in [1.54, 1.807) is 48.6 Å². The van der Waals surface area contributed by atoms with Crippen LogP contribution < -0.4 is 9.47 Å². The molecule has 0 saturated carbocycles. The zero-order valence-electron chi connectivity index (χ0n) is 15.5. The van der Waals surface area contributed by atoms with Gasteiger partial charge in [0.1, 0.15) is 6.61 Å². The number of imide groups is 1. The van der Waals surface area contributed by atoms with E-state index in [4.69, 9.17) is 32.7 Å². The summed E-state index contributed by atoms with van der Waals surface area (Å²) in [6, 6.07) is 10.3. The first-order valence-corrected chi connectivity index (χ1v) is 10.1. The van der Waals surface area contributed by atoms with E-state index in [0.717, 1.165) is 17.3 Å². The lowest BCUT2D eigenvalue weighted by Crippen LogP contribution is -2.27. The first-order chi connectivity index (χ1) is 13.9. The van der Waals surface area contributed by atoms with Crippen molar-refractivity contribution in [2.24, 2.45) is 0 Å². The molecule has 2 aromatic carbocycles. The van der Waals surface area contributed by atoms with E-state index in [0.29, 0.717) is 32.0 Å².